The summed E-state index contributed by atoms with van der Waals surface area (Å²) in [5, 5.41) is 9.75. The van der Waals surface area contributed by atoms with Gasteiger partial charge in [-0.25, -0.2) is 10.1 Å². The number of carbonyl (C=O) groups is 1. The summed E-state index contributed by atoms with van der Waals surface area (Å²) < 4.78 is 6.68. The Hall–Kier alpha value is -3.66. The van der Waals surface area contributed by atoms with Crippen LogP contribution in [-0.2, 0) is 4.79 Å². The minimum absolute atomic E-state index is 0.0433. The minimum Gasteiger partial charge on any atom is -0.497 e. The van der Waals surface area contributed by atoms with Crippen molar-refractivity contribution in [3.05, 3.63) is 65.2 Å². The molecule has 29 heavy (non-hydrogen) atoms. The van der Waals surface area contributed by atoms with Crippen molar-refractivity contribution in [2.24, 2.45) is 0 Å². The molecular weight excluding hydrogens is 392 g/mol. The van der Waals surface area contributed by atoms with E-state index in [0.717, 1.165) is 11.8 Å². The van der Waals surface area contributed by atoms with E-state index >= 15 is 0 Å². The van der Waals surface area contributed by atoms with Crippen molar-refractivity contribution < 1.29 is 9.53 Å². The summed E-state index contributed by atoms with van der Waals surface area (Å²) in [4.78, 5) is 33.8. The van der Waals surface area contributed by atoms with Gasteiger partial charge in [-0.2, -0.15) is 10.1 Å². The van der Waals surface area contributed by atoms with Crippen molar-refractivity contribution in [2.45, 2.75) is 5.16 Å². The summed E-state index contributed by atoms with van der Waals surface area (Å²) in [6.45, 7) is 0. The van der Waals surface area contributed by atoms with Crippen molar-refractivity contribution in [1.29, 1.82) is 0 Å². The monoisotopic (exact) mass is 408 g/mol. The standard InChI is InChI=1S/C19H16N6O3S/c1-28-13-8-6-12(7-9-13)25-17(27)14-4-2-3-5-15(14)22-19(25)29-10-16(26)23-18-20-11-21-24-18/h2-9,11H,10H2,1H3,(H2,20,21,23,24,26). The van der Waals surface area contributed by atoms with Crippen molar-refractivity contribution in [3.63, 3.8) is 0 Å². The molecule has 10 heteroatoms. The fraction of sp³-hybridized carbons (Fsp3) is 0.105. The number of para-hydroxylation sites is 1. The van der Waals surface area contributed by atoms with E-state index in [0.29, 0.717) is 27.5 Å². The van der Waals surface area contributed by atoms with Gasteiger partial charge < -0.3 is 4.74 Å². The number of ether oxygens (including phenoxy) is 1. The molecule has 0 aliphatic heterocycles. The Morgan fingerprint density at radius 3 is 2.72 bits per heavy atom. The number of benzene rings is 2. The topological polar surface area (TPSA) is 115 Å². The van der Waals surface area contributed by atoms with E-state index in [9.17, 15) is 9.59 Å². The number of nitrogens with one attached hydrogen (secondary N) is 2. The number of amides is 1. The second kappa shape index (κ2) is 8.15. The quantitative estimate of drug-likeness (QED) is 0.371. The number of hydrogen-bond donors (Lipinski definition) is 2. The number of aromatic amines is 1. The van der Waals surface area contributed by atoms with Crippen LogP contribution < -0.4 is 15.6 Å². The molecule has 0 atom stereocenters. The van der Waals surface area contributed by atoms with E-state index in [4.69, 9.17) is 4.74 Å². The zero-order valence-corrected chi connectivity index (χ0v) is 16.1. The van der Waals surface area contributed by atoms with Crippen LogP contribution >= 0.6 is 11.8 Å². The van der Waals surface area contributed by atoms with Gasteiger partial charge >= 0.3 is 0 Å². The number of carbonyl (C=O) groups excluding carboxylic acids is 1. The Labute approximate surface area is 169 Å². The molecule has 2 heterocycles. The van der Waals surface area contributed by atoms with Crippen LogP contribution in [0.4, 0.5) is 5.95 Å². The highest BCUT2D eigenvalue weighted by Gasteiger charge is 2.15. The Bertz CT molecular complexity index is 1210. The molecule has 0 bridgehead atoms. The third-order valence-electron chi connectivity index (χ3n) is 4.08. The molecular formula is C19H16N6O3S. The maximum atomic E-state index is 13.2. The average molecular weight is 408 g/mol. The molecule has 0 aliphatic carbocycles. The van der Waals surface area contributed by atoms with Gasteiger partial charge in [0.05, 0.1) is 29.5 Å². The van der Waals surface area contributed by atoms with Gasteiger partial charge in [-0.1, -0.05) is 23.9 Å². The fourth-order valence-corrected chi connectivity index (χ4v) is 3.54. The number of rotatable bonds is 6. The Morgan fingerprint density at radius 1 is 1.21 bits per heavy atom. The molecule has 0 unspecified atom stereocenters. The fourth-order valence-electron chi connectivity index (χ4n) is 2.73. The van der Waals surface area contributed by atoms with E-state index in [1.807, 2.05) is 6.07 Å². The number of anilines is 1. The molecule has 0 aliphatic rings. The molecule has 0 saturated heterocycles. The van der Waals surface area contributed by atoms with Crippen LogP contribution in [0.25, 0.3) is 16.6 Å². The molecule has 4 aromatic rings. The SMILES string of the molecule is COc1ccc(-n2c(SCC(=O)Nc3ncn[nH]3)nc3ccccc3c2=O)cc1. The smallest absolute Gasteiger partial charge is 0.266 e. The van der Waals surface area contributed by atoms with Gasteiger partial charge in [-0.15, -0.1) is 0 Å². The van der Waals surface area contributed by atoms with Crippen LogP contribution in [0.2, 0.25) is 0 Å². The summed E-state index contributed by atoms with van der Waals surface area (Å²) >= 11 is 1.16. The van der Waals surface area contributed by atoms with Crippen LogP contribution in [-0.4, -0.2) is 43.5 Å². The highest BCUT2D eigenvalue weighted by molar-refractivity contribution is 7.99. The number of thioether (sulfide) groups is 1. The molecule has 0 radical (unpaired) electrons. The maximum Gasteiger partial charge on any atom is 0.266 e. The third-order valence-corrected chi connectivity index (χ3v) is 5.02. The summed E-state index contributed by atoms with van der Waals surface area (Å²) in [7, 11) is 1.58. The first kappa shape index (κ1) is 18.7. The van der Waals surface area contributed by atoms with E-state index in [2.05, 4.69) is 25.5 Å². The number of methoxy groups -OCH3 is 1. The lowest BCUT2D eigenvalue weighted by molar-refractivity contribution is -0.113. The van der Waals surface area contributed by atoms with Crippen molar-refractivity contribution >= 4 is 34.5 Å². The number of fused-ring (bicyclic) bond motifs is 1. The van der Waals surface area contributed by atoms with Crippen LogP contribution in [0.5, 0.6) is 5.75 Å². The van der Waals surface area contributed by atoms with Crippen molar-refractivity contribution in [1.82, 2.24) is 24.7 Å². The predicted molar refractivity (Wildman–Crippen MR) is 110 cm³/mol. The average Bonchev–Trinajstić information content (AvgIpc) is 3.25. The first-order chi connectivity index (χ1) is 14.2. The van der Waals surface area contributed by atoms with E-state index in [1.165, 1.54) is 10.9 Å². The summed E-state index contributed by atoms with van der Waals surface area (Å²) in [5.41, 5.74) is 0.992. The predicted octanol–water partition coefficient (Wildman–Crippen LogP) is 2.24. The summed E-state index contributed by atoms with van der Waals surface area (Å²) in [6.07, 6.45) is 1.30. The maximum absolute atomic E-state index is 13.2. The summed E-state index contributed by atoms with van der Waals surface area (Å²) in [6, 6.07) is 14.2. The Balaban J connectivity index is 1.70. The van der Waals surface area contributed by atoms with Gasteiger partial charge in [0.15, 0.2) is 5.16 Å². The van der Waals surface area contributed by atoms with Crippen molar-refractivity contribution in [3.8, 4) is 11.4 Å². The lowest BCUT2D eigenvalue weighted by Crippen LogP contribution is -2.23. The lowest BCUT2D eigenvalue weighted by atomic mass is 10.2. The van der Waals surface area contributed by atoms with E-state index < -0.39 is 0 Å². The Morgan fingerprint density at radius 2 is 2.00 bits per heavy atom. The minimum atomic E-state index is -0.296. The Kier molecular flexibility index (Phi) is 5.25. The first-order valence-electron chi connectivity index (χ1n) is 8.60. The van der Waals surface area contributed by atoms with Gasteiger partial charge in [0.2, 0.25) is 11.9 Å². The third kappa shape index (κ3) is 3.97. The normalized spacial score (nSPS) is 10.8. The molecule has 2 aromatic carbocycles. The van der Waals surface area contributed by atoms with Gasteiger partial charge in [-0.3, -0.25) is 19.5 Å². The van der Waals surface area contributed by atoms with Crippen LogP contribution in [0.1, 0.15) is 0 Å². The van der Waals surface area contributed by atoms with Crippen LogP contribution in [0.3, 0.4) is 0 Å². The molecule has 0 fully saturated rings. The van der Waals surface area contributed by atoms with E-state index in [-0.39, 0.29) is 23.2 Å². The van der Waals surface area contributed by atoms with Gasteiger partial charge in [0.1, 0.15) is 12.1 Å². The van der Waals surface area contributed by atoms with Crippen molar-refractivity contribution in [2.75, 3.05) is 18.2 Å². The van der Waals surface area contributed by atoms with Gasteiger partial charge in [0, 0.05) is 0 Å². The first-order valence-corrected chi connectivity index (χ1v) is 9.58. The summed E-state index contributed by atoms with van der Waals surface area (Å²) in [5.74, 6) is 0.683. The van der Waals surface area contributed by atoms with Crippen LogP contribution in [0, 0.1) is 0 Å². The van der Waals surface area contributed by atoms with Gasteiger partial charge in [-0.05, 0) is 36.4 Å². The highest BCUT2D eigenvalue weighted by Crippen LogP contribution is 2.23. The number of hydrogen-bond acceptors (Lipinski definition) is 7. The zero-order valence-electron chi connectivity index (χ0n) is 15.3. The van der Waals surface area contributed by atoms with Gasteiger partial charge in [0.25, 0.3) is 5.56 Å². The van der Waals surface area contributed by atoms with Crippen LogP contribution in [0.15, 0.2) is 64.8 Å². The molecule has 0 spiro atoms. The molecule has 4 rings (SSSR count). The highest BCUT2D eigenvalue weighted by atomic mass is 32.2. The molecule has 2 aromatic heterocycles. The lowest BCUT2D eigenvalue weighted by Gasteiger charge is -2.13. The van der Waals surface area contributed by atoms with E-state index in [1.54, 1.807) is 49.6 Å². The number of aromatic nitrogens is 5. The molecule has 0 saturated carbocycles. The molecule has 9 nitrogen and oxygen atoms in total. The zero-order chi connectivity index (χ0) is 20.2. The largest absolute Gasteiger partial charge is 0.497 e. The second-order valence-electron chi connectivity index (χ2n) is 5.92. The number of H-pyrrole nitrogens is 1. The molecule has 2 N–H and O–H groups in total. The molecule has 1 amide bonds. The second-order valence-corrected chi connectivity index (χ2v) is 6.86. The number of nitrogens with zero attached hydrogens (tertiary/aromatic N) is 4. The molecule has 146 valence electrons.